The van der Waals surface area contributed by atoms with Gasteiger partial charge in [0.25, 0.3) is 0 Å². The van der Waals surface area contributed by atoms with E-state index >= 15 is 0 Å². The maximum absolute atomic E-state index is 13.0. The molecule has 0 saturated heterocycles. The van der Waals surface area contributed by atoms with Gasteiger partial charge in [-0.25, -0.2) is 0 Å². The molecule has 1 amide bonds. The summed E-state index contributed by atoms with van der Waals surface area (Å²) in [6.07, 6.45) is -4.43. The van der Waals surface area contributed by atoms with E-state index < -0.39 is 23.5 Å². The van der Waals surface area contributed by atoms with Gasteiger partial charge in [0.15, 0.2) is 0 Å². The summed E-state index contributed by atoms with van der Waals surface area (Å²) >= 11 is 0. The molecule has 116 valence electrons. The van der Waals surface area contributed by atoms with Crippen LogP contribution in [0.25, 0.3) is 0 Å². The van der Waals surface area contributed by atoms with Crippen molar-refractivity contribution in [3.8, 4) is 0 Å². The minimum Gasteiger partial charge on any atom is -0.368 e. The van der Waals surface area contributed by atoms with Crippen molar-refractivity contribution in [1.29, 1.82) is 0 Å². The Labute approximate surface area is 121 Å². The van der Waals surface area contributed by atoms with Crippen LogP contribution in [0.5, 0.6) is 0 Å². The standard InChI is InChI=1S/C15H19F3N2O/c1-10(11-5-3-2-4-6-11)20-12(13(19)21)9-14(7-8-14)15(16,17)18/h2-6,10,12,20H,7-9H2,1H3,(H2,19,21)/t10-,12-/m1/s1. The average molecular weight is 300 g/mol. The van der Waals surface area contributed by atoms with E-state index in [-0.39, 0.29) is 25.3 Å². The molecule has 0 bridgehead atoms. The highest BCUT2D eigenvalue weighted by atomic mass is 19.4. The molecule has 1 aromatic rings. The van der Waals surface area contributed by atoms with Crippen LogP contribution in [0.1, 0.15) is 37.8 Å². The Kier molecular flexibility index (Phi) is 4.27. The zero-order chi connectivity index (χ0) is 15.7. The Morgan fingerprint density at radius 1 is 1.33 bits per heavy atom. The molecule has 1 fully saturated rings. The maximum Gasteiger partial charge on any atom is 0.394 e. The van der Waals surface area contributed by atoms with E-state index in [4.69, 9.17) is 5.73 Å². The first-order valence-electron chi connectivity index (χ1n) is 6.92. The molecule has 1 aliphatic rings. The monoisotopic (exact) mass is 300 g/mol. The van der Waals surface area contributed by atoms with Gasteiger partial charge in [0.1, 0.15) is 0 Å². The lowest BCUT2D eigenvalue weighted by Gasteiger charge is -2.26. The largest absolute Gasteiger partial charge is 0.394 e. The number of halogens is 3. The molecule has 6 heteroatoms. The third-order valence-corrected chi connectivity index (χ3v) is 4.14. The molecule has 1 saturated carbocycles. The Balaban J connectivity index is 2.06. The minimum atomic E-state index is -4.28. The Morgan fingerprint density at radius 2 is 1.90 bits per heavy atom. The third-order valence-electron chi connectivity index (χ3n) is 4.14. The summed E-state index contributed by atoms with van der Waals surface area (Å²) in [4.78, 5) is 11.5. The van der Waals surface area contributed by atoms with Crippen molar-refractivity contribution in [2.24, 2.45) is 11.1 Å². The molecule has 1 aliphatic carbocycles. The van der Waals surface area contributed by atoms with Crippen LogP contribution in [0.2, 0.25) is 0 Å². The molecule has 1 aromatic carbocycles. The molecule has 3 N–H and O–H groups in total. The van der Waals surface area contributed by atoms with Gasteiger partial charge in [0.05, 0.1) is 11.5 Å². The van der Waals surface area contributed by atoms with E-state index in [1.807, 2.05) is 30.3 Å². The maximum atomic E-state index is 13.0. The van der Waals surface area contributed by atoms with Crippen molar-refractivity contribution >= 4 is 5.91 Å². The quantitative estimate of drug-likeness (QED) is 0.848. The number of amides is 1. The summed E-state index contributed by atoms with van der Waals surface area (Å²) in [5.74, 6) is -0.742. The van der Waals surface area contributed by atoms with Gasteiger partial charge in [0.2, 0.25) is 5.91 Å². The second-order valence-electron chi connectivity index (χ2n) is 5.74. The van der Waals surface area contributed by atoms with Gasteiger partial charge in [-0.2, -0.15) is 13.2 Å². The van der Waals surface area contributed by atoms with E-state index in [0.29, 0.717) is 0 Å². The number of hydrogen-bond donors (Lipinski definition) is 2. The zero-order valence-electron chi connectivity index (χ0n) is 11.8. The number of carbonyl (C=O) groups is 1. The van der Waals surface area contributed by atoms with Crippen molar-refractivity contribution in [2.75, 3.05) is 0 Å². The van der Waals surface area contributed by atoms with Crippen LogP contribution in [0.15, 0.2) is 30.3 Å². The number of alkyl halides is 3. The summed E-state index contributed by atoms with van der Waals surface area (Å²) in [5.41, 5.74) is 4.44. The predicted molar refractivity (Wildman–Crippen MR) is 73.3 cm³/mol. The number of hydrogen-bond acceptors (Lipinski definition) is 2. The first kappa shape index (κ1) is 15.8. The molecule has 0 spiro atoms. The van der Waals surface area contributed by atoms with E-state index in [9.17, 15) is 18.0 Å². The Morgan fingerprint density at radius 3 is 2.33 bits per heavy atom. The molecule has 0 unspecified atom stereocenters. The average Bonchev–Trinajstić information content (AvgIpc) is 3.19. The van der Waals surface area contributed by atoms with Gasteiger partial charge in [-0.05, 0) is 31.7 Å². The van der Waals surface area contributed by atoms with Crippen LogP contribution in [0.3, 0.4) is 0 Å². The molecular weight excluding hydrogens is 281 g/mol. The smallest absolute Gasteiger partial charge is 0.368 e. The normalized spacial score (nSPS) is 19.8. The van der Waals surface area contributed by atoms with Crippen molar-refractivity contribution in [1.82, 2.24) is 5.32 Å². The molecule has 0 aliphatic heterocycles. The molecular formula is C15H19F3N2O. The van der Waals surface area contributed by atoms with Crippen LogP contribution >= 0.6 is 0 Å². The van der Waals surface area contributed by atoms with E-state index in [1.54, 1.807) is 6.92 Å². The Bertz CT molecular complexity index is 497. The van der Waals surface area contributed by atoms with Crippen molar-refractivity contribution in [3.05, 3.63) is 35.9 Å². The molecule has 0 radical (unpaired) electrons. The number of carbonyl (C=O) groups excluding carboxylic acids is 1. The summed E-state index contributed by atoms with van der Waals surface area (Å²) in [7, 11) is 0. The fraction of sp³-hybridized carbons (Fsp3) is 0.533. The van der Waals surface area contributed by atoms with Gasteiger partial charge >= 0.3 is 6.18 Å². The van der Waals surface area contributed by atoms with Crippen molar-refractivity contribution in [2.45, 2.75) is 44.4 Å². The number of rotatable bonds is 6. The fourth-order valence-corrected chi connectivity index (χ4v) is 2.53. The van der Waals surface area contributed by atoms with Crippen LogP contribution in [0.4, 0.5) is 13.2 Å². The van der Waals surface area contributed by atoms with Gasteiger partial charge in [-0.3, -0.25) is 10.1 Å². The first-order chi connectivity index (χ1) is 9.75. The molecule has 0 aromatic heterocycles. The van der Waals surface area contributed by atoms with Crippen LogP contribution in [-0.2, 0) is 4.79 Å². The lowest BCUT2D eigenvalue weighted by Crippen LogP contribution is -2.46. The predicted octanol–water partition coefficient (Wildman–Crippen LogP) is 2.92. The molecule has 2 rings (SSSR count). The summed E-state index contributed by atoms with van der Waals surface area (Å²) in [6.45, 7) is 1.80. The second-order valence-corrected chi connectivity index (χ2v) is 5.74. The summed E-state index contributed by atoms with van der Waals surface area (Å²) in [5, 5.41) is 2.93. The molecule has 2 atom stereocenters. The van der Waals surface area contributed by atoms with Gasteiger partial charge in [-0.1, -0.05) is 30.3 Å². The SMILES string of the molecule is C[C@@H](N[C@H](CC1(C(F)(F)F)CC1)C(N)=O)c1ccccc1. The minimum absolute atomic E-state index is 0.0711. The number of nitrogens with two attached hydrogens (primary N) is 1. The fourth-order valence-electron chi connectivity index (χ4n) is 2.53. The highest BCUT2D eigenvalue weighted by Gasteiger charge is 2.63. The number of nitrogens with one attached hydrogen (secondary N) is 1. The summed E-state index contributed by atoms with van der Waals surface area (Å²) < 4.78 is 39.0. The van der Waals surface area contributed by atoms with Crippen LogP contribution in [-0.4, -0.2) is 18.1 Å². The summed E-state index contributed by atoms with van der Waals surface area (Å²) in [6, 6.07) is 8.01. The highest BCUT2D eigenvalue weighted by Crippen LogP contribution is 2.60. The van der Waals surface area contributed by atoms with E-state index in [0.717, 1.165) is 5.56 Å². The topological polar surface area (TPSA) is 55.1 Å². The lowest BCUT2D eigenvalue weighted by atomic mass is 9.94. The molecule has 21 heavy (non-hydrogen) atoms. The molecule has 3 nitrogen and oxygen atoms in total. The lowest BCUT2D eigenvalue weighted by molar-refractivity contribution is -0.190. The Hall–Kier alpha value is -1.56. The van der Waals surface area contributed by atoms with E-state index in [2.05, 4.69) is 5.32 Å². The second kappa shape index (κ2) is 5.67. The molecule has 0 heterocycles. The van der Waals surface area contributed by atoms with Gasteiger partial charge in [0, 0.05) is 6.04 Å². The van der Waals surface area contributed by atoms with Crippen molar-refractivity contribution in [3.63, 3.8) is 0 Å². The van der Waals surface area contributed by atoms with Crippen LogP contribution in [0, 0.1) is 5.41 Å². The third kappa shape index (κ3) is 3.56. The van der Waals surface area contributed by atoms with E-state index in [1.165, 1.54) is 0 Å². The highest BCUT2D eigenvalue weighted by molar-refractivity contribution is 5.80. The van der Waals surface area contributed by atoms with Crippen LogP contribution < -0.4 is 11.1 Å². The first-order valence-corrected chi connectivity index (χ1v) is 6.92. The van der Waals surface area contributed by atoms with Crippen molar-refractivity contribution < 1.29 is 18.0 Å². The number of primary amides is 1. The zero-order valence-corrected chi connectivity index (χ0v) is 11.8. The number of benzene rings is 1. The van der Waals surface area contributed by atoms with Gasteiger partial charge in [-0.15, -0.1) is 0 Å². The van der Waals surface area contributed by atoms with Gasteiger partial charge < -0.3 is 5.73 Å².